The Hall–Kier alpha value is -2.74. The second kappa shape index (κ2) is 7.25. The highest BCUT2D eigenvalue weighted by atomic mass is 79.9. The van der Waals surface area contributed by atoms with E-state index in [1.165, 1.54) is 6.07 Å². The van der Waals surface area contributed by atoms with E-state index >= 15 is 0 Å². The third kappa shape index (κ3) is 3.60. The predicted octanol–water partition coefficient (Wildman–Crippen LogP) is 2.59. The van der Waals surface area contributed by atoms with Crippen LogP contribution in [0.5, 0.6) is 0 Å². The van der Waals surface area contributed by atoms with Crippen LogP contribution in [0.2, 0.25) is 0 Å². The highest BCUT2D eigenvalue weighted by Crippen LogP contribution is 2.13. The Morgan fingerprint density at radius 1 is 1.08 bits per heavy atom. The van der Waals surface area contributed by atoms with Gasteiger partial charge in [-0.2, -0.15) is 0 Å². The van der Waals surface area contributed by atoms with Crippen molar-refractivity contribution in [2.45, 2.75) is 19.5 Å². The second-order valence-electron chi connectivity index (χ2n) is 5.76. The smallest absolute Gasteiger partial charge is 0.331 e. The molecule has 0 saturated carbocycles. The van der Waals surface area contributed by atoms with Crippen molar-refractivity contribution in [3.8, 4) is 0 Å². The lowest BCUT2D eigenvalue weighted by molar-refractivity contribution is -0.137. The monoisotopic (exact) mass is 420 g/mol. The standard InChI is InChI=1S/C18H14BrFN2O4/c19-12-3-1-11(2-4-12)10-22-17(25)14-6-5-13(20)9-15(14)21(18(22)26)8-7-16(23)24/h1-6,9H,7-8,10H2,(H,23,24). The van der Waals surface area contributed by atoms with Gasteiger partial charge in [-0.25, -0.2) is 9.18 Å². The molecule has 134 valence electrons. The highest BCUT2D eigenvalue weighted by molar-refractivity contribution is 9.10. The maximum atomic E-state index is 13.6. The normalized spacial score (nSPS) is 11.0. The van der Waals surface area contributed by atoms with Crippen molar-refractivity contribution < 1.29 is 14.3 Å². The quantitative estimate of drug-likeness (QED) is 0.687. The van der Waals surface area contributed by atoms with Crippen molar-refractivity contribution >= 4 is 32.8 Å². The molecule has 2 aromatic carbocycles. The summed E-state index contributed by atoms with van der Waals surface area (Å²) in [4.78, 5) is 36.4. The zero-order chi connectivity index (χ0) is 18.8. The number of rotatable bonds is 5. The van der Waals surface area contributed by atoms with Gasteiger partial charge < -0.3 is 5.11 Å². The molecule has 0 bridgehead atoms. The predicted molar refractivity (Wildman–Crippen MR) is 97.9 cm³/mol. The van der Waals surface area contributed by atoms with Crippen LogP contribution in [0.3, 0.4) is 0 Å². The second-order valence-corrected chi connectivity index (χ2v) is 6.67. The van der Waals surface area contributed by atoms with Crippen LogP contribution in [-0.2, 0) is 17.9 Å². The van der Waals surface area contributed by atoms with Crippen LogP contribution >= 0.6 is 15.9 Å². The Labute approximate surface area is 155 Å². The first kappa shape index (κ1) is 18.1. The number of hydrogen-bond acceptors (Lipinski definition) is 3. The number of nitrogens with zero attached hydrogens (tertiary/aromatic N) is 2. The topological polar surface area (TPSA) is 81.3 Å². The number of fused-ring (bicyclic) bond motifs is 1. The van der Waals surface area contributed by atoms with Gasteiger partial charge in [0.05, 0.1) is 23.9 Å². The van der Waals surface area contributed by atoms with E-state index in [1.807, 2.05) is 0 Å². The summed E-state index contributed by atoms with van der Waals surface area (Å²) in [6.45, 7) is -0.125. The van der Waals surface area contributed by atoms with Gasteiger partial charge >= 0.3 is 11.7 Å². The van der Waals surface area contributed by atoms with E-state index in [1.54, 1.807) is 24.3 Å². The van der Waals surface area contributed by atoms with Crippen molar-refractivity contribution in [1.82, 2.24) is 9.13 Å². The third-order valence-electron chi connectivity index (χ3n) is 3.99. The van der Waals surface area contributed by atoms with E-state index in [0.717, 1.165) is 31.3 Å². The molecule has 0 radical (unpaired) electrons. The number of halogens is 2. The fraction of sp³-hybridized carbons (Fsp3) is 0.167. The minimum absolute atomic E-state index is 0.0331. The lowest BCUT2D eigenvalue weighted by Crippen LogP contribution is -2.40. The minimum atomic E-state index is -1.09. The van der Waals surface area contributed by atoms with Gasteiger partial charge in [0.15, 0.2) is 0 Å². The summed E-state index contributed by atoms with van der Waals surface area (Å²) in [5.74, 6) is -1.70. The fourth-order valence-electron chi connectivity index (χ4n) is 2.73. The molecule has 0 fully saturated rings. The summed E-state index contributed by atoms with van der Waals surface area (Å²) < 4.78 is 16.6. The van der Waals surface area contributed by atoms with Crippen LogP contribution in [0.25, 0.3) is 10.9 Å². The maximum absolute atomic E-state index is 13.6. The molecule has 0 saturated heterocycles. The zero-order valence-electron chi connectivity index (χ0n) is 13.5. The number of carboxylic acids is 1. The molecule has 1 N–H and O–H groups in total. The van der Waals surface area contributed by atoms with E-state index in [2.05, 4.69) is 15.9 Å². The lowest BCUT2D eigenvalue weighted by Gasteiger charge is -2.13. The molecule has 1 heterocycles. The molecular formula is C18H14BrFN2O4. The van der Waals surface area contributed by atoms with Crippen LogP contribution in [0.1, 0.15) is 12.0 Å². The summed E-state index contributed by atoms with van der Waals surface area (Å²) in [5.41, 5.74) is -0.385. The molecule has 8 heteroatoms. The molecule has 3 aromatic rings. The summed E-state index contributed by atoms with van der Waals surface area (Å²) in [7, 11) is 0. The van der Waals surface area contributed by atoms with Gasteiger partial charge in [-0.15, -0.1) is 0 Å². The molecule has 26 heavy (non-hydrogen) atoms. The fourth-order valence-corrected chi connectivity index (χ4v) is 2.99. The molecule has 0 atom stereocenters. The number of aliphatic carboxylic acids is 1. The van der Waals surface area contributed by atoms with Gasteiger partial charge in [0.2, 0.25) is 0 Å². The first-order chi connectivity index (χ1) is 12.4. The zero-order valence-corrected chi connectivity index (χ0v) is 15.1. The van der Waals surface area contributed by atoms with Gasteiger partial charge in [-0.3, -0.25) is 18.7 Å². The average molecular weight is 421 g/mol. The van der Waals surface area contributed by atoms with Gasteiger partial charge in [-0.1, -0.05) is 28.1 Å². The third-order valence-corrected chi connectivity index (χ3v) is 4.52. The van der Waals surface area contributed by atoms with Gasteiger partial charge in [0, 0.05) is 11.0 Å². The van der Waals surface area contributed by atoms with Gasteiger partial charge in [0.25, 0.3) is 5.56 Å². The number of aromatic nitrogens is 2. The molecule has 0 aliphatic carbocycles. The van der Waals surface area contributed by atoms with Gasteiger partial charge in [-0.05, 0) is 35.9 Å². The van der Waals surface area contributed by atoms with E-state index in [0.29, 0.717) is 0 Å². The Kier molecular flexibility index (Phi) is 5.03. The number of aryl methyl sites for hydroxylation is 1. The van der Waals surface area contributed by atoms with Gasteiger partial charge in [0.1, 0.15) is 5.82 Å². The summed E-state index contributed by atoms with van der Waals surface area (Å²) in [5, 5.41) is 9.08. The molecule has 0 spiro atoms. The van der Waals surface area contributed by atoms with E-state index < -0.39 is 23.0 Å². The largest absolute Gasteiger partial charge is 0.481 e. The Balaban J connectivity index is 2.20. The van der Waals surface area contributed by atoms with E-state index in [4.69, 9.17) is 5.11 Å². The number of carbonyl (C=O) groups is 1. The van der Waals surface area contributed by atoms with Crippen LogP contribution < -0.4 is 11.2 Å². The first-order valence-electron chi connectivity index (χ1n) is 7.76. The van der Waals surface area contributed by atoms with E-state index in [9.17, 15) is 18.8 Å². The van der Waals surface area contributed by atoms with Crippen molar-refractivity contribution in [3.63, 3.8) is 0 Å². The number of benzene rings is 2. The number of carboxylic acid groups (broad SMARTS) is 1. The van der Waals surface area contributed by atoms with Crippen molar-refractivity contribution in [2.24, 2.45) is 0 Å². The number of hydrogen-bond donors (Lipinski definition) is 1. The van der Waals surface area contributed by atoms with Crippen molar-refractivity contribution in [3.05, 3.63) is 79.2 Å². The van der Waals surface area contributed by atoms with Crippen LogP contribution in [0.15, 0.2) is 56.5 Å². The summed E-state index contributed by atoms with van der Waals surface area (Å²) >= 11 is 3.32. The lowest BCUT2D eigenvalue weighted by atomic mass is 10.2. The maximum Gasteiger partial charge on any atom is 0.331 e. The van der Waals surface area contributed by atoms with Crippen molar-refractivity contribution in [1.29, 1.82) is 0 Å². The molecule has 3 rings (SSSR count). The molecule has 0 amide bonds. The Morgan fingerprint density at radius 2 is 1.77 bits per heavy atom. The molecule has 0 aliphatic rings. The summed E-state index contributed by atoms with van der Waals surface area (Å²) in [6, 6.07) is 10.6. The molecule has 1 aromatic heterocycles. The molecule has 0 unspecified atom stereocenters. The van der Waals surface area contributed by atoms with Crippen LogP contribution in [0, 0.1) is 5.82 Å². The minimum Gasteiger partial charge on any atom is -0.481 e. The molecule has 0 aliphatic heterocycles. The van der Waals surface area contributed by atoms with Crippen LogP contribution in [0.4, 0.5) is 4.39 Å². The SMILES string of the molecule is O=C(O)CCn1c(=O)n(Cc2ccc(Br)cc2)c(=O)c2ccc(F)cc21. The highest BCUT2D eigenvalue weighted by Gasteiger charge is 2.15. The molecule has 6 nitrogen and oxygen atoms in total. The first-order valence-corrected chi connectivity index (χ1v) is 8.55. The average Bonchev–Trinajstić information content (AvgIpc) is 2.59. The Morgan fingerprint density at radius 3 is 2.42 bits per heavy atom. The van der Waals surface area contributed by atoms with Crippen molar-refractivity contribution in [2.75, 3.05) is 0 Å². The van der Waals surface area contributed by atoms with Crippen LogP contribution in [-0.4, -0.2) is 20.2 Å². The van der Waals surface area contributed by atoms with E-state index in [-0.39, 0.29) is 30.4 Å². The molecular weight excluding hydrogens is 407 g/mol. The Bertz CT molecular complexity index is 1100. The summed E-state index contributed by atoms with van der Waals surface area (Å²) in [6.07, 6.45) is -0.317.